The van der Waals surface area contributed by atoms with Gasteiger partial charge in [-0.1, -0.05) is 6.07 Å². The molecule has 0 fully saturated rings. The Kier molecular flexibility index (Phi) is 3.10. The molecule has 5 heteroatoms. The van der Waals surface area contributed by atoms with Crippen molar-refractivity contribution >= 4 is 16.9 Å². The number of hydrogen-bond donors (Lipinski definition) is 0. The Hall–Kier alpha value is -2.82. The third kappa shape index (κ3) is 2.33. The van der Waals surface area contributed by atoms with Gasteiger partial charge in [-0.3, -0.25) is 9.59 Å². The lowest BCUT2D eigenvalue weighted by Crippen LogP contribution is -2.13. The summed E-state index contributed by atoms with van der Waals surface area (Å²) >= 11 is 0. The molecule has 0 unspecified atom stereocenters. The first kappa shape index (κ1) is 13.2. The zero-order chi connectivity index (χ0) is 15.0. The van der Waals surface area contributed by atoms with E-state index in [4.69, 9.17) is 13.6 Å². The van der Waals surface area contributed by atoms with Crippen LogP contribution in [0.2, 0.25) is 0 Å². The van der Waals surface area contributed by atoms with Crippen molar-refractivity contribution in [2.24, 2.45) is 0 Å². The Morgan fingerprint density at radius 3 is 2.71 bits per heavy atom. The first-order valence-corrected chi connectivity index (χ1v) is 6.36. The van der Waals surface area contributed by atoms with E-state index in [1.54, 1.807) is 30.3 Å². The van der Waals surface area contributed by atoms with Crippen molar-refractivity contribution in [3.63, 3.8) is 0 Å². The Morgan fingerprint density at radius 2 is 2.05 bits per heavy atom. The molecule has 0 aliphatic carbocycles. The Balaban J connectivity index is 2.37. The molecule has 3 aromatic rings. The highest BCUT2D eigenvalue weighted by atomic mass is 16.5. The van der Waals surface area contributed by atoms with Crippen LogP contribution in [0.4, 0.5) is 0 Å². The molecule has 5 nitrogen and oxygen atoms in total. The number of benzene rings is 1. The van der Waals surface area contributed by atoms with Gasteiger partial charge in [0.05, 0.1) is 11.6 Å². The third-order valence-corrected chi connectivity index (χ3v) is 3.00. The van der Waals surface area contributed by atoms with Gasteiger partial charge in [0.2, 0.25) is 16.9 Å². The van der Waals surface area contributed by atoms with Gasteiger partial charge in [-0.2, -0.15) is 0 Å². The molecule has 21 heavy (non-hydrogen) atoms. The highest BCUT2D eigenvalue weighted by Gasteiger charge is 2.20. The molecule has 3 rings (SSSR count). The maximum absolute atomic E-state index is 12.5. The summed E-state index contributed by atoms with van der Waals surface area (Å²) < 4.78 is 16.0. The van der Waals surface area contributed by atoms with Crippen molar-refractivity contribution in [3.05, 3.63) is 52.4 Å². The second-order valence-electron chi connectivity index (χ2n) is 4.66. The largest absolute Gasteiger partial charge is 0.461 e. The summed E-state index contributed by atoms with van der Waals surface area (Å²) in [4.78, 5) is 23.8. The standard InChI is InChI=1S/C16H12O5/c1-9-5-6-11-13(8-9)21-15(12-4-3-7-19-12)16(14(11)18)20-10(2)17/h3-8H,1-2H3. The lowest BCUT2D eigenvalue weighted by Gasteiger charge is -2.07. The maximum atomic E-state index is 12.5. The van der Waals surface area contributed by atoms with Crippen LogP contribution in [0.3, 0.4) is 0 Å². The van der Waals surface area contributed by atoms with Gasteiger partial charge in [0, 0.05) is 6.92 Å². The fraction of sp³-hybridized carbons (Fsp3) is 0.125. The quantitative estimate of drug-likeness (QED) is 0.675. The van der Waals surface area contributed by atoms with Gasteiger partial charge in [0.25, 0.3) is 0 Å². The molecule has 0 spiro atoms. The van der Waals surface area contributed by atoms with Gasteiger partial charge in [0.15, 0.2) is 5.76 Å². The van der Waals surface area contributed by atoms with Gasteiger partial charge < -0.3 is 13.6 Å². The van der Waals surface area contributed by atoms with Gasteiger partial charge in [0.1, 0.15) is 5.58 Å². The molecular weight excluding hydrogens is 272 g/mol. The third-order valence-electron chi connectivity index (χ3n) is 3.00. The van der Waals surface area contributed by atoms with Gasteiger partial charge >= 0.3 is 5.97 Å². The van der Waals surface area contributed by atoms with Crippen LogP contribution < -0.4 is 10.2 Å². The van der Waals surface area contributed by atoms with E-state index >= 15 is 0 Å². The number of carbonyl (C=O) groups is 1. The second-order valence-corrected chi connectivity index (χ2v) is 4.66. The van der Waals surface area contributed by atoms with E-state index in [2.05, 4.69) is 0 Å². The molecule has 0 N–H and O–H groups in total. The lowest BCUT2D eigenvalue weighted by atomic mass is 10.1. The Bertz CT molecular complexity index is 872. The predicted octanol–water partition coefficient (Wildman–Crippen LogP) is 3.29. The average Bonchev–Trinajstić information content (AvgIpc) is 2.95. The fourth-order valence-electron chi connectivity index (χ4n) is 2.09. The zero-order valence-corrected chi connectivity index (χ0v) is 11.5. The number of hydrogen-bond acceptors (Lipinski definition) is 5. The number of esters is 1. The molecule has 0 aliphatic rings. The molecule has 0 amide bonds. The molecule has 0 aliphatic heterocycles. The van der Waals surface area contributed by atoms with Crippen LogP contribution in [-0.4, -0.2) is 5.97 Å². The second kappa shape index (κ2) is 4.94. The zero-order valence-electron chi connectivity index (χ0n) is 11.5. The molecule has 0 atom stereocenters. The average molecular weight is 284 g/mol. The van der Waals surface area contributed by atoms with Crippen LogP contribution in [-0.2, 0) is 4.79 Å². The van der Waals surface area contributed by atoms with Crippen LogP contribution in [0.5, 0.6) is 5.75 Å². The number of fused-ring (bicyclic) bond motifs is 1. The molecule has 0 saturated carbocycles. The maximum Gasteiger partial charge on any atom is 0.308 e. The Labute approximate surface area is 119 Å². The lowest BCUT2D eigenvalue weighted by molar-refractivity contribution is -0.132. The summed E-state index contributed by atoms with van der Waals surface area (Å²) in [6.45, 7) is 3.12. The van der Waals surface area contributed by atoms with E-state index in [1.165, 1.54) is 13.2 Å². The highest BCUT2D eigenvalue weighted by molar-refractivity contribution is 5.83. The fourth-order valence-corrected chi connectivity index (χ4v) is 2.09. The molecule has 0 saturated heterocycles. The molecule has 2 heterocycles. The van der Waals surface area contributed by atoms with Gasteiger partial charge in [-0.25, -0.2) is 0 Å². The summed E-state index contributed by atoms with van der Waals surface area (Å²) in [6, 6.07) is 8.49. The number of ether oxygens (including phenoxy) is 1. The van der Waals surface area contributed by atoms with E-state index in [9.17, 15) is 9.59 Å². The minimum absolute atomic E-state index is 0.110. The van der Waals surface area contributed by atoms with Crippen LogP contribution in [0.1, 0.15) is 12.5 Å². The van der Waals surface area contributed by atoms with E-state index in [0.29, 0.717) is 16.7 Å². The van der Waals surface area contributed by atoms with E-state index in [0.717, 1.165) is 5.56 Å². The minimum Gasteiger partial charge on any atom is -0.461 e. The van der Waals surface area contributed by atoms with Crippen LogP contribution in [0, 0.1) is 6.92 Å². The number of rotatable bonds is 2. The van der Waals surface area contributed by atoms with Crippen LogP contribution >= 0.6 is 0 Å². The smallest absolute Gasteiger partial charge is 0.308 e. The summed E-state index contributed by atoms with van der Waals surface area (Å²) in [7, 11) is 0. The Morgan fingerprint density at radius 1 is 1.24 bits per heavy atom. The van der Waals surface area contributed by atoms with Gasteiger partial charge in [-0.05, 0) is 36.8 Å². The predicted molar refractivity (Wildman–Crippen MR) is 76.2 cm³/mol. The molecule has 106 valence electrons. The molecule has 0 radical (unpaired) electrons. The molecule has 1 aromatic carbocycles. The van der Waals surface area contributed by atoms with Gasteiger partial charge in [-0.15, -0.1) is 0 Å². The first-order chi connectivity index (χ1) is 10.1. The number of aryl methyl sites for hydroxylation is 1. The normalized spacial score (nSPS) is 10.8. The summed E-state index contributed by atoms with van der Waals surface area (Å²) in [6.07, 6.45) is 1.45. The highest BCUT2D eigenvalue weighted by Crippen LogP contribution is 2.31. The van der Waals surface area contributed by atoms with Crippen molar-refractivity contribution in [1.29, 1.82) is 0 Å². The van der Waals surface area contributed by atoms with Crippen LogP contribution in [0.25, 0.3) is 22.5 Å². The molecule has 2 aromatic heterocycles. The van der Waals surface area contributed by atoms with Crippen molar-refractivity contribution in [3.8, 4) is 17.3 Å². The first-order valence-electron chi connectivity index (χ1n) is 6.36. The van der Waals surface area contributed by atoms with Crippen molar-refractivity contribution in [2.75, 3.05) is 0 Å². The molecular formula is C16H12O5. The summed E-state index contributed by atoms with van der Waals surface area (Å²) in [5, 5.41) is 0.354. The van der Waals surface area contributed by atoms with E-state index in [-0.39, 0.29) is 11.5 Å². The number of carbonyl (C=O) groups excluding carboxylic acids is 1. The SMILES string of the molecule is CC(=O)Oc1c(-c2ccco2)oc2cc(C)ccc2c1=O. The van der Waals surface area contributed by atoms with Crippen LogP contribution in [0.15, 0.2) is 50.2 Å². The summed E-state index contributed by atoms with van der Waals surface area (Å²) in [5.74, 6) is -0.319. The number of furan rings is 1. The minimum atomic E-state index is -0.596. The van der Waals surface area contributed by atoms with E-state index < -0.39 is 11.4 Å². The summed E-state index contributed by atoms with van der Waals surface area (Å²) in [5.41, 5.74) is 0.969. The topological polar surface area (TPSA) is 69.7 Å². The molecule has 0 bridgehead atoms. The van der Waals surface area contributed by atoms with Crippen molar-refractivity contribution in [2.45, 2.75) is 13.8 Å². The van der Waals surface area contributed by atoms with Crippen molar-refractivity contribution in [1.82, 2.24) is 0 Å². The van der Waals surface area contributed by atoms with Crippen molar-refractivity contribution < 1.29 is 18.4 Å². The monoisotopic (exact) mass is 284 g/mol. The van der Waals surface area contributed by atoms with E-state index in [1.807, 2.05) is 6.92 Å².